The van der Waals surface area contributed by atoms with E-state index in [9.17, 15) is 10.2 Å². The zero-order chi connectivity index (χ0) is 22.6. The second kappa shape index (κ2) is 13.1. The van der Waals surface area contributed by atoms with Crippen LogP contribution in [0.2, 0.25) is 0 Å². The summed E-state index contributed by atoms with van der Waals surface area (Å²) >= 11 is 1.39. The van der Waals surface area contributed by atoms with Gasteiger partial charge in [0.25, 0.3) is 0 Å². The van der Waals surface area contributed by atoms with E-state index in [1.54, 1.807) is 24.3 Å². The fourth-order valence-corrected chi connectivity index (χ4v) is 3.78. The maximum absolute atomic E-state index is 10.2. The van der Waals surface area contributed by atoms with Crippen LogP contribution in [0, 0.1) is 0 Å². The Balaban J connectivity index is 2.57. The molecule has 0 saturated carbocycles. The zero-order valence-corrected chi connectivity index (χ0v) is 19.7. The summed E-state index contributed by atoms with van der Waals surface area (Å²) in [5.41, 5.74) is 0. The van der Waals surface area contributed by atoms with Gasteiger partial charge in [-0.1, -0.05) is 39.5 Å². The minimum atomic E-state index is 0.0807. The second-order valence-electron chi connectivity index (χ2n) is 7.04. The smallest absolute Gasteiger partial charge is 0.140 e. The molecule has 0 aliphatic heterocycles. The molecule has 2 rings (SSSR count). The Bertz CT molecular complexity index is 698. The van der Waals surface area contributed by atoms with E-state index in [4.69, 9.17) is 18.9 Å². The highest BCUT2D eigenvalue weighted by molar-refractivity contribution is 7.99. The predicted octanol–water partition coefficient (Wildman–Crippen LogP) is 6.40. The molecule has 0 spiro atoms. The maximum atomic E-state index is 10.2. The summed E-state index contributed by atoms with van der Waals surface area (Å²) in [7, 11) is 0. The molecule has 0 aromatic heterocycles. The second-order valence-corrected chi connectivity index (χ2v) is 8.06. The summed E-state index contributed by atoms with van der Waals surface area (Å²) in [6.45, 7) is 10.1. The molecule has 0 radical (unpaired) electrons. The standard InChI is InChI=1S/C24H34O6S/c1-5-9-27-19-13-17(25)14-20(28-10-6-2)23(19)31-24-21(29-11-7-3)15-18(26)16-22(24)30-12-8-4/h13-16,25-26H,5-12H2,1-4H3. The summed E-state index contributed by atoms with van der Waals surface area (Å²) in [6, 6.07) is 6.37. The first-order chi connectivity index (χ1) is 15.0. The highest BCUT2D eigenvalue weighted by atomic mass is 32.2. The fraction of sp³-hybridized carbons (Fsp3) is 0.500. The number of ether oxygens (including phenoxy) is 4. The first-order valence-corrected chi connectivity index (χ1v) is 11.8. The van der Waals surface area contributed by atoms with Crippen molar-refractivity contribution in [2.45, 2.75) is 63.2 Å². The molecule has 0 unspecified atom stereocenters. The molecule has 0 bridgehead atoms. The molecule has 6 nitrogen and oxygen atoms in total. The lowest BCUT2D eigenvalue weighted by atomic mass is 10.3. The van der Waals surface area contributed by atoms with Gasteiger partial charge in [0.2, 0.25) is 0 Å². The third kappa shape index (κ3) is 7.35. The summed E-state index contributed by atoms with van der Waals surface area (Å²) in [5.74, 6) is 2.31. The Kier molecular flexibility index (Phi) is 10.5. The summed E-state index contributed by atoms with van der Waals surface area (Å²) in [6.07, 6.45) is 3.33. The molecular weight excluding hydrogens is 416 g/mol. The van der Waals surface area contributed by atoms with Crippen LogP contribution in [-0.2, 0) is 0 Å². The largest absolute Gasteiger partial charge is 0.508 e. The average molecular weight is 451 g/mol. The van der Waals surface area contributed by atoms with Gasteiger partial charge in [-0.2, -0.15) is 0 Å². The van der Waals surface area contributed by atoms with Crippen molar-refractivity contribution >= 4 is 11.8 Å². The van der Waals surface area contributed by atoms with Crippen LogP contribution >= 0.6 is 11.8 Å². The Morgan fingerprint density at radius 3 is 1.03 bits per heavy atom. The average Bonchev–Trinajstić information content (AvgIpc) is 2.75. The Hall–Kier alpha value is -2.41. The van der Waals surface area contributed by atoms with Crippen LogP contribution in [0.4, 0.5) is 0 Å². The number of rotatable bonds is 14. The van der Waals surface area contributed by atoms with E-state index < -0.39 is 0 Å². The van der Waals surface area contributed by atoms with E-state index >= 15 is 0 Å². The molecule has 2 aromatic rings. The number of aromatic hydroxyl groups is 2. The molecule has 0 heterocycles. The van der Waals surface area contributed by atoms with Crippen LogP contribution in [0.1, 0.15) is 53.4 Å². The first kappa shape index (κ1) is 24.9. The van der Waals surface area contributed by atoms with Crippen molar-refractivity contribution in [3.8, 4) is 34.5 Å². The van der Waals surface area contributed by atoms with Gasteiger partial charge in [-0.25, -0.2) is 0 Å². The quantitative estimate of drug-likeness (QED) is 0.345. The molecule has 0 aliphatic carbocycles. The van der Waals surface area contributed by atoms with Gasteiger partial charge in [0.15, 0.2) is 0 Å². The van der Waals surface area contributed by atoms with Gasteiger partial charge < -0.3 is 29.2 Å². The van der Waals surface area contributed by atoms with Gasteiger partial charge in [-0.3, -0.25) is 0 Å². The Morgan fingerprint density at radius 1 is 0.548 bits per heavy atom. The van der Waals surface area contributed by atoms with Crippen molar-refractivity contribution in [1.82, 2.24) is 0 Å². The highest BCUT2D eigenvalue weighted by Crippen LogP contribution is 2.51. The number of benzene rings is 2. The summed E-state index contributed by atoms with van der Waals surface area (Å²) in [4.78, 5) is 1.46. The van der Waals surface area contributed by atoms with Crippen LogP contribution in [-0.4, -0.2) is 36.6 Å². The van der Waals surface area contributed by atoms with E-state index in [0.717, 1.165) is 35.5 Å². The van der Waals surface area contributed by atoms with Crippen molar-refractivity contribution in [1.29, 1.82) is 0 Å². The molecule has 0 amide bonds. The zero-order valence-electron chi connectivity index (χ0n) is 18.9. The predicted molar refractivity (Wildman–Crippen MR) is 123 cm³/mol. The van der Waals surface area contributed by atoms with E-state index in [1.807, 2.05) is 27.7 Å². The number of hydrogen-bond donors (Lipinski definition) is 2. The lowest BCUT2D eigenvalue weighted by Crippen LogP contribution is -2.03. The van der Waals surface area contributed by atoms with Crippen molar-refractivity contribution in [3.05, 3.63) is 24.3 Å². The van der Waals surface area contributed by atoms with E-state index in [1.165, 1.54) is 11.8 Å². The number of phenols is 2. The van der Waals surface area contributed by atoms with Crippen molar-refractivity contribution < 1.29 is 29.2 Å². The monoisotopic (exact) mass is 450 g/mol. The normalized spacial score (nSPS) is 10.7. The fourth-order valence-electron chi connectivity index (χ4n) is 2.71. The van der Waals surface area contributed by atoms with Gasteiger partial charge in [0.1, 0.15) is 34.5 Å². The molecule has 2 N–H and O–H groups in total. The molecular formula is C24H34O6S. The Labute approximate surface area is 189 Å². The van der Waals surface area contributed by atoms with Gasteiger partial charge >= 0.3 is 0 Å². The molecule has 2 aromatic carbocycles. The molecule has 7 heteroatoms. The topological polar surface area (TPSA) is 77.4 Å². The number of phenolic OH excluding ortho intramolecular Hbond substituents is 2. The summed E-state index contributed by atoms with van der Waals surface area (Å²) < 4.78 is 23.7. The first-order valence-electron chi connectivity index (χ1n) is 11.0. The minimum Gasteiger partial charge on any atom is -0.508 e. The molecule has 0 aliphatic rings. The van der Waals surface area contributed by atoms with Gasteiger partial charge in [-0.05, 0) is 25.7 Å². The van der Waals surface area contributed by atoms with Crippen molar-refractivity contribution in [2.24, 2.45) is 0 Å². The molecule has 0 saturated heterocycles. The third-order valence-electron chi connectivity index (χ3n) is 4.06. The van der Waals surface area contributed by atoms with E-state index in [0.29, 0.717) is 49.4 Å². The van der Waals surface area contributed by atoms with Crippen LogP contribution in [0.15, 0.2) is 34.1 Å². The molecule has 31 heavy (non-hydrogen) atoms. The SMILES string of the molecule is CCCOc1cc(O)cc(OCCC)c1Sc1c(OCCC)cc(O)cc1OCCC. The van der Waals surface area contributed by atoms with Crippen molar-refractivity contribution in [2.75, 3.05) is 26.4 Å². The maximum Gasteiger partial charge on any atom is 0.140 e. The van der Waals surface area contributed by atoms with Crippen LogP contribution < -0.4 is 18.9 Å². The third-order valence-corrected chi connectivity index (χ3v) is 5.27. The lowest BCUT2D eigenvalue weighted by Gasteiger charge is -2.20. The van der Waals surface area contributed by atoms with Crippen molar-refractivity contribution in [3.63, 3.8) is 0 Å². The van der Waals surface area contributed by atoms with Gasteiger partial charge in [0, 0.05) is 24.3 Å². The van der Waals surface area contributed by atoms with Gasteiger partial charge in [-0.15, -0.1) is 0 Å². The number of hydrogen-bond acceptors (Lipinski definition) is 7. The lowest BCUT2D eigenvalue weighted by molar-refractivity contribution is 0.282. The van der Waals surface area contributed by atoms with Crippen LogP contribution in [0.3, 0.4) is 0 Å². The Morgan fingerprint density at radius 2 is 0.806 bits per heavy atom. The minimum absolute atomic E-state index is 0.0807. The van der Waals surface area contributed by atoms with Crippen LogP contribution in [0.25, 0.3) is 0 Å². The molecule has 172 valence electrons. The van der Waals surface area contributed by atoms with Crippen LogP contribution in [0.5, 0.6) is 34.5 Å². The summed E-state index contributed by atoms with van der Waals surface area (Å²) in [5, 5.41) is 20.4. The van der Waals surface area contributed by atoms with E-state index in [2.05, 4.69) is 0 Å². The molecule has 0 fully saturated rings. The molecule has 0 atom stereocenters. The van der Waals surface area contributed by atoms with E-state index in [-0.39, 0.29) is 11.5 Å². The highest BCUT2D eigenvalue weighted by Gasteiger charge is 2.22. The van der Waals surface area contributed by atoms with Gasteiger partial charge in [0.05, 0.1) is 36.2 Å².